The molecule has 0 aliphatic carbocycles. The van der Waals surface area contributed by atoms with E-state index < -0.39 is 0 Å². The highest BCUT2D eigenvalue weighted by molar-refractivity contribution is 5.93. The lowest BCUT2D eigenvalue weighted by atomic mass is 10.0. The van der Waals surface area contributed by atoms with Gasteiger partial charge in [-0.05, 0) is 35.7 Å². The minimum absolute atomic E-state index is 0.0961. The SMILES string of the molecule is COc1cccc(NC(=O)CNc2ccc(C(C)C)cc2)c1. The molecule has 2 N–H and O–H groups in total. The van der Waals surface area contributed by atoms with Crippen molar-refractivity contribution in [3.8, 4) is 5.75 Å². The lowest BCUT2D eigenvalue weighted by Crippen LogP contribution is -2.21. The average Bonchev–Trinajstić information content (AvgIpc) is 2.53. The number of rotatable bonds is 6. The Morgan fingerprint density at radius 2 is 1.82 bits per heavy atom. The zero-order chi connectivity index (χ0) is 15.9. The summed E-state index contributed by atoms with van der Waals surface area (Å²) >= 11 is 0. The molecule has 22 heavy (non-hydrogen) atoms. The summed E-state index contributed by atoms with van der Waals surface area (Å²) in [6, 6.07) is 15.4. The predicted molar refractivity (Wildman–Crippen MR) is 90.6 cm³/mol. The number of benzene rings is 2. The first kappa shape index (κ1) is 15.9. The van der Waals surface area contributed by atoms with Crippen LogP contribution in [0.15, 0.2) is 48.5 Å². The van der Waals surface area contributed by atoms with Crippen LogP contribution in [-0.2, 0) is 4.79 Å². The van der Waals surface area contributed by atoms with Crippen LogP contribution < -0.4 is 15.4 Å². The van der Waals surface area contributed by atoms with E-state index in [1.165, 1.54) is 5.56 Å². The van der Waals surface area contributed by atoms with Crippen LogP contribution in [0.5, 0.6) is 5.75 Å². The van der Waals surface area contributed by atoms with Crippen LogP contribution in [-0.4, -0.2) is 19.6 Å². The van der Waals surface area contributed by atoms with Gasteiger partial charge in [-0.1, -0.05) is 32.0 Å². The van der Waals surface area contributed by atoms with E-state index in [-0.39, 0.29) is 12.5 Å². The van der Waals surface area contributed by atoms with Gasteiger partial charge in [-0.3, -0.25) is 4.79 Å². The Bertz CT molecular complexity index is 621. The summed E-state index contributed by atoms with van der Waals surface area (Å²) in [5.41, 5.74) is 2.94. The molecule has 0 heterocycles. The smallest absolute Gasteiger partial charge is 0.243 e. The van der Waals surface area contributed by atoms with E-state index in [0.29, 0.717) is 5.92 Å². The Morgan fingerprint density at radius 3 is 2.45 bits per heavy atom. The van der Waals surface area contributed by atoms with Gasteiger partial charge >= 0.3 is 0 Å². The van der Waals surface area contributed by atoms with Crippen molar-refractivity contribution in [2.75, 3.05) is 24.3 Å². The molecule has 2 aromatic rings. The molecular formula is C18H22N2O2. The maximum absolute atomic E-state index is 11.9. The van der Waals surface area contributed by atoms with Gasteiger partial charge in [0.2, 0.25) is 5.91 Å². The molecule has 0 bridgehead atoms. The number of carbonyl (C=O) groups is 1. The highest BCUT2D eigenvalue weighted by Crippen LogP contribution is 2.18. The fraction of sp³-hybridized carbons (Fsp3) is 0.278. The molecule has 0 saturated carbocycles. The number of hydrogen-bond acceptors (Lipinski definition) is 3. The molecule has 4 nitrogen and oxygen atoms in total. The summed E-state index contributed by atoms with van der Waals surface area (Å²) in [5.74, 6) is 1.13. The quantitative estimate of drug-likeness (QED) is 0.851. The molecular weight excluding hydrogens is 276 g/mol. The van der Waals surface area contributed by atoms with Crippen molar-refractivity contribution >= 4 is 17.3 Å². The number of methoxy groups -OCH3 is 1. The Kier molecular flexibility index (Phi) is 5.42. The van der Waals surface area contributed by atoms with E-state index >= 15 is 0 Å². The molecule has 1 amide bonds. The van der Waals surface area contributed by atoms with Crippen LogP contribution >= 0.6 is 0 Å². The lowest BCUT2D eigenvalue weighted by Gasteiger charge is -2.10. The molecule has 0 aliphatic rings. The number of hydrogen-bond donors (Lipinski definition) is 2. The largest absolute Gasteiger partial charge is 0.497 e. The van der Waals surface area contributed by atoms with Crippen LogP contribution in [0.25, 0.3) is 0 Å². The van der Waals surface area contributed by atoms with E-state index in [2.05, 4.69) is 36.6 Å². The lowest BCUT2D eigenvalue weighted by molar-refractivity contribution is -0.114. The fourth-order valence-corrected chi connectivity index (χ4v) is 2.07. The Labute approximate surface area is 131 Å². The Balaban J connectivity index is 1.87. The topological polar surface area (TPSA) is 50.4 Å². The van der Waals surface area contributed by atoms with Crippen molar-refractivity contribution in [3.63, 3.8) is 0 Å². The molecule has 0 fully saturated rings. The zero-order valence-electron chi connectivity index (χ0n) is 13.2. The van der Waals surface area contributed by atoms with Gasteiger partial charge < -0.3 is 15.4 Å². The second-order valence-corrected chi connectivity index (χ2v) is 5.41. The van der Waals surface area contributed by atoms with E-state index in [1.54, 1.807) is 13.2 Å². The molecule has 0 aromatic heterocycles. The van der Waals surface area contributed by atoms with Crippen LogP contribution in [0.3, 0.4) is 0 Å². The van der Waals surface area contributed by atoms with Crippen molar-refractivity contribution in [2.45, 2.75) is 19.8 Å². The number of carbonyl (C=O) groups excluding carboxylic acids is 1. The summed E-state index contributed by atoms with van der Waals surface area (Å²) in [6.45, 7) is 4.53. The number of amides is 1. The summed E-state index contributed by atoms with van der Waals surface area (Å²) in [4.78, 5) is 11.9. The van der Waals surface area contributed by atoms with Crippen molar-refractivity contribution in [1.82, 2.24) is 0 Å². The Morgan fingerprint density at radius 1 is 1.09 bits per heavy atom. The first-order valence-corrected chi connectivity index (χ1v) is 7.36. The highest BCUT2D eigenvalue weighted by atomic mass is 16.5. The van der Waals surface area contributed by atoms with E-state index in [4.69, 9.17) is 4.74 Å². The third kappa shape index (κ3) is 4.52. The summed E-state index contributed by atoms with van der Waals surface area (Å²) in [6.07, 6.45) is 0. The molecule has 116 valence electrons. The summed E-state index contributed by atoms with van der Waals surface area (Å²) in [5, 5.41) is 5.95. The first-order chi connectivity index (χ1) is 10.6. The maximum Gasteiger partial charge on any atom is 0.243 e. The minimum atomic E-state index is -0.0961. The van der Waals surface area contributed by atoms with Crippen molar-refractivity contribution in [3.05, 3.63) is 54.1 Å². The average molecular weight is 298 g/mol. The minimum Gasteiger partial charge on any atom is -0.497 e. The standard InChI is InChI=1S/C18H22N2O2/c1-13(2)14-7-9-15(10-8-14)19-12-18(21)20-16-5-4-6-17(11-16)22-3/h4-11,13,19H,12H2,1-3H3,(H,20,21). The van der Waals surface area contributed by atoms with Crippen molar-refractivity contribution in [2.24, 2.45) is 0 Å². The molecule has 2 aromatic carbocycles. The summed E-state index contributed by atoms with van der Waals surface area (Å²) < 4.78 is 5.13. The van der Waals surface area contributed by atoms with Gasteiger partial charge in [-0.25, -0.2) is 0 Å². The van der Waals surface area contributed by atoms with Crippen LogP contribution in [0, 0.1) is 0 Å². The van der Waals surface area contributed by atoms with Gasteiger partial charge in [-0.15, -0.1) is 0 Å². The van der Waals surface area contributed by atoms with Crippen LogP contribution in [0.2, 0.25) is 0 Å². The van der Waals surface area contributed by atoms with Crippen molar-refractivity contribution < 1.29 is 9.53 Å². The first-order valence-electron chi connectivity index (χ1n) is 7.36. The molecule has 0 saturated heterocycles. The molecule has 0 spiro atoms. The summed E-state index contributed by atoms with van der Waals surface area (Å²) in [7, 11) is 1.60. The monoisotopic (exact) mass is 298 g/mol. The van der Waals surface area contributed by atoms with Crippen LogP contribution in [0.4, 0.5) is 11.4 Å². The molecule has 0 unspecified atom stereocenters. The molecule has 0 atom stereocenters. The number of anilines is 2. The van der Waals surface area contributed by atoms with Gasteiger partial charge in [-0.2, -0.15) is 0 Å². The molecule has 0 radical (unpaired) electrons. The van der Waals surface area contributed by atoms with Crippen molar-refractivity contribution in [1.29, 1.82) is 0 Å². The maximum atomic E-state index is 11.9. The molecule has 0 aliphatic heterocycles. The highest BCUT2D eigenvalue weighted by Gasteiger charge is 2.04. The molecule has 4 heteroatoms. The van der Waals surface area contributed by atoms with E-state index in [1.807, 2.05) is 30.3 Å². The van der Waals surface area contributed by atoms with E-state index in [0.717, 1.165) is 17.1 Å². The second-order valence-electron chi connectivity index (χ2n) is 5.41. The third-order valence-electron chi connectivity index (χ3n) is 3.38. The number of nitrogens with one attached hydrogen (secondary N) is 2. The normalized spacial score (nSPS) is 10.4. The van der Waals surface area contributed by atoms with Gasteiger partial charge in [0.15, 0.2) is 0 Å². The molecule has 2 rings (SSSR count). The van der Waals surface area contributed by atoms with E-state index in [9.17, 15) is 4.79 Å². The van der Waals surface area contributed by atoms with Gasteiger partial charge in [0, 0.05) is 17.4 Å². The van der Waals surface area contributed by atoms with Gasteiger partial charge in [0.25, 0.3) is 0 Å². The Hall–Kier alpha value is -2.49. The van der Waals surface area contributed by atoms with Gasteiger partial charge in [0.05, 0.1) is 13.7 Å². The second kappa shape index (κ2) is 7.50. The van der Waals surface area contributed by atoms with Crippen LogP contribution in [0.1, 0.15) is 25.3 Å². The fourth-order valence-electron chi connectivity index (χ4n) is 2.07. The number of ether oxygens (including phenoxy) is 1. The van der Waals surface area contributed by atoms with Gasteiger partial charge in [0.1, 0.15) is 5.75 Å². The zero-order valence-corrected chi connectivity index (χ0v) is 13.2. The predicted octanol–water partition coefficient (Wildman–Crippen LogP) is 3.87. The third-order valence-corrected chi connectivity index (χ3v) is 3.38.